The third-order valence-corrected chi connectivity index (χ3v) is 7.65. The molecule has 6 heteroatoms. The van der Waals surface area contributed by atoms with E-state index in [9.17, 15) is 4.79 Å². The largest absolute Gasteiger partial charge is 0.369 e. The molecule has 0 spiro atoms. The topological polar surface area (TPSA) is 44.6 Å². The fourth-order valence-corrected chi connectivity index (χ4v) is 5.64. The van der Waals surface area contributed by atoms with Gasteiger partial charge in [-0.1, -0.05) is 25.7 Å². The van der Waals surface area contributed by atoms with Crippen molar-refractivity contribution in [1.29, 1.82) is 0 Å². The lowest BCUT2D eigenvalue weighted by molar-refractivity contribution is 0.200. The van der Waals surface area contributed by atoms with Gasteiger partial charge in [-0.2, -0.15) is 0 Å². The van der Waals surface area contributed by atoms with Gasteiger partial charge in [0.15, 0.2) is 0 Å². The van der Waals surface area contributed by atoms with Crippen LogP contribution < -0.4 is 10.5 Å². The molecular formula is C25H37N5O. The van der Waals surface area contributed by atoms with E-state index in [1.807, 2.05) is 10.6 Å². The Balaban J connectivity index is 1.19. The van der Waals surface area contributed by atoms with Gasteiger partial charge in [-0.05, 0) is 57.0 Å². The van der Waals surface area contributed by atoms with Gasteiger partial charge in [-0.15, -0.1) is 0 Å². The highest BCUT2D eigenvalue weighted by molar-refractivity contribution is 5.81. The van der Waals surface area contributed by atoms with Crippen molar-refractivity contribution >= 4 is 16.6 Å². The van der Waals surface area contributed by atoms with Gasteiger partial charge in [-0.25, -0.2) is 4.98 Å². The Morgan fingerprint density at radius 3 is 2.19 bits per heavy atom. The van der Waals surface area contributed by atoms with E-state index in [1.54, 1.807) is 6.33 Å². The molecule has 0 radical (unpaired) electrons. The predicted molar refractivity (Wildman–Crippen MR) is 127 cm³/mol. The SMILES string of the molecule is O=c1c2ccc(N3CCN(CCN4CCCCCC4)CC3)cc2ncn1C1CCCC1. The summed E-state index contributed by atoms with van der Waals surface area (Å²) in [5.41, 5.74) is 2.16. The van der Waals surface area contributed by atoms with Gasteiger partial charge in [0.1, 0.15) is 0 Å². The van der Waals surface area contributed by atoms with Crippen LogP contribution in [0.4, 0.5) is 5.69 Å². The van der Waals surface area contributed by atoms with E-state index in [0.717, 1.165) is 49.9 Å². The Labute approximate surface area is 185 Å². The second kappa shape index (κ2) is 9.70. The first kappa shape index (κ1) is 21.0. The van der Waals surface area contributed by atoms with Crippen LogP contribution in [0.25, 0.3) is 10.9 Å². The van der Waals surface area contributed by atoms with Crippen LogP contribution in [0.1, 0.15) is 57.4 Å². The zero-order valence-electron chi connectivity index (χ0n) is 18.8. The van der Waals surface area contributed by atoms with Gasteiger partial charge in [0, 0.05) is 51.0 Å². The van der Waals surface area contributed by atoms with Crippen molar-refractivity contribution in [3.63, 3.8) is 0 Å². The van der Waals surface area contributed by atoms with Crippen molar-refractivity contribution in [3.8, 4) is 0 Å². The fraction of sp³-hybridized carbons (Fsp3) is 0.680. The van der Waals surface area contributed by atoms with E-state index in [2.05, 4.69) is 31.8 Å². The molecule has 1 aliphatic carbocycles. The minimum Gasteiger partial charge on any atom is -0.369 e. The molecule has 3 heterocycles. The van der Waals surface area contributed by atoms with Crippen LogP contribution in [-0.2, 0) is 0 Å². The Kier molecular flexibility index (Phi) is 6.55. The quantitative estimate of drug-likeness (QED) is 0.736. The first-order valence-electron chi connectivity index (χ1n) is 12.5. The second-order valence-electron chi connectivity index (χ2n) is 9.68. The molecule has 0 bridgehead atoms. The van der Waals surface area contributed by atoms with Gasteiger partial charge in [0.25, 0.3) is 5.56 Å². The van der Waals surface area contributed by atoms with Crippen LogP contribution in [0.15, 0.2) is 29.3 Å². The minimum absolute atomic E-state index is 0.127. The lowest BCUT2D eigenvalue weighted by atomic mass is 10.1. The van der Waals surface area contributed by atoms with Gasteiger partial charge < -0.3 is 9.80 Å². The fourth-order valence-electron chi connectivity index (χ4n) is 5.64. The highest BCUT2D eigenvalue weighted by Gasteiger charge is 2.21. The number of rotatable bonds is 5. The highest BCUT2D eigenvalue weighted by atomic mass is 16.1. The zero-order valence-corrected chi connectivity index (χ0v) is 18.8. The molecule has 3 fully saturated rings. The molecule has 1 aromatic carbocycles. The summed E-state index contributed by atoms with van der Waals surface area (Å²) in [6.07, 6.45) is 12.0. The number of hydrogen-bond acceptors (Lipinski definition) is 5. The number of aromatic nitrogens is 2. The summed E-state index contributed by atoms with van der Waals surface area (Å²) in [4.78, 5) is 25.4. The van der Waals surface area contributed by atoms with E-state index < -0.39 is 0 Å². The number of fused-ring (bicyclic) bond motifs is 1. The zero-order chi connectivity index (χ0) is 21.0. The average Bonchev–Trinajstić information content (AvgIpc) is 3.21. The molecule has 1 aromatic heterocycles. The summed E-state index contributed by atoms with van der Waals surface area (Å²) in [6, 6.07) is 6.57. The van der Waals surface area contributed by atoms with Crippen LogP contribution in [0.3, 0.4) is 0 Å². The van der Waals surface area contributed by atoms with Crippen molar-refractivity contribution in [1.82, 2.24) is 19.4 Å². The Morgan fingerprint density at radius 2 is 1.48 bits per heavy atom. The van der Waals surface area contributed by atoms with Crippen LogP contribution in [0.5, 0.6) is 0 Å². The van der Waals surface area contributed by atoms with Crippen molar-refractivity contribution in [3.05, 3.63) is 34.9 Å². The van der Waals surface area contributed by atoms with Gasteiger partial charge >= 0.3 is 0 Å². The average molecular weight is 424 g/mol. The summed E-state index contributed by atoms with van der Waals surface area (Å²) < 4.78 is 1.87. The van der Waals surface area contributed by atoms with E-state index in [0.29, 0.717) is 6.04 Å². The summed E-state index contributed by atoms with van der Waals surface area (Å²) in [5, 5.41) is 0.759. The van der Waals surface area contributed by atoms with Crippen LogP contribution in [0.2, 0.25) is 0 Å². The monoisotopic (exact) mass is 423 g/mol. The third-order valence-electron chi connectivity index (χ3n) is 7.65. The molecule has 2 saturated heterocycles. The summed E-state index contributed by atoms with van der Waals surface area (Å²) in [6.45, 7) is 9.29. The van der Waals surface area contributed by atoms with Crippen LogP contribution in [0, 0.1) is 0 Å². The Bertz CT molecular complexity index is 919. The highest BCUT2D eigenvalue weighted by Crippen LogP contribution is 2.28. The molecule has 31 heavy (non-hydrogen) atoms. The molecule has 0 atom stereocenters. The van der Waals surface area contributed by atoms with E-state index >= 15 is 0 Å². The number of hydrogen-bond donors (Lipinski definition) is 0. The molecule has 0 N–H and O–H groups in total. The standard InChI is InChI=1S/C25H37N5O/c31-25-23-10-9-22(19-24(23)26-20-30(25)21-7-3-4-8-21)29-17-15-28(16-18-29)14-13-27-11-5-1-2-6-12-27/h9-10,19-21H,1-8,11-18H2. The van der Waals surface area contributed by atoms with Gasteiger partial charge in [-0.3, -0.25) is 14.3 Å². The molecule has 3 aliphatic rings. The molecule has 2 aliphatic heterocycles. The predicted octanol–water partition coefficient (Wildman–Crippen LogP) is 3.51. The number of benzene rings is 1. The maximum atomic E-state index is 13.0. The van der Waals surface area contributed by atoms with Gasteiger partial charge in [0.05, 0.1) is 17.2 Å². The smallest absolute Gasteiger partial charge is 0.261 e. The van der Waals surface area contributed by atoms with E-state index in [-0.39, 0.29) is 5.56 Å². The second-order valence-corrected chi connectivity index (χ2v) is 9.68. The van der Waals surface area contributed by atoms with Crippen molar-refractivity contribution in [2.75, 3.05) is 57.3 Å². The molecular weight excluding hydrogens is 386 g/mol. The molecule has 0 unspecified atom stereocenters. The summed E-state index contributed by atoms with van der Waals surface area (Å²) in [5.74, 6) is 0. The molecule has 6 nitrogen and oxygen atoms in total. The van der Waals surface area contributed by atoms with Crippen LogP contribution in [-0.4, -0.2) is 71.7 Å². The van der Waals surface area contributed by atoms with Crippen molar-refractivity contribution in [2.45, 2.75) is 57.4 Å². The third kappa shape index (κ3) is 4.80. The number of likely N-dealkylation sites (tertiary alicyclic amines) is 1. The van der Waals surface area contributed by atoms with E-state index in [1.165, 1.54) is 70.4 Å². The van der Waals surface area contributed by atoms with Crippen molar-refractivity contribution in [2.24, 2.45) is 0 Å². The van der Waals surface area contributed by atoms with Crippen molar-refractivity contribution < 1.29 is 0 Å². The summed E-state index contributed by atoms with van der Waals surface area (Å²) in [7, 11) is 0. The summed E-state index contributed by atoms with van der Waals surface area (Å²) >= 11 is 0. The number of nitrogens with zero attached hydrogens (tertiary/aromatic N) is 5. The normalized spacial score (nSPS) is 22.3. The Hall–Kier alpha value is -1.92. The maximum Gasteiger partial charge on any atom is 0.261 e. The molecule has 2 aromatic rings. The van der Waals surface area contributed by atoms with Gasteiger partial charge in [0.2, 0.25) is 0 Å². The van der Waals surface area contributed by atoms with E-state index in [4.69, 9.17) is 0 Å². The molecule has 168 valence electrons. The first-order valence-corrected chi connectivity index (χ1v) is 12.5. The minimum atomic E-state index is 0.127. The first-order chi connectivity index (χ1) is 15.3. The van der Waals surface area contributed by atoms with Crippen LogP contribution >= 0.6 is 0 Å². The molecule has 0 amide bonds. The lowest BCUT2D eigenvalue weighted by Crippen LogP contribution is -2.48. The lowest BCUT2D eigenvalue weighted by Gasteiger charge is -2.37. The Morgan fingerprint density at radius 1 is 0.806 bits per heavy atom. The molecule has 1 saturated carbocycles. The molecule has 5 rings (SSSR count). The number of anilines is 1. The number of piperazine rings is 1. The maximum absolute atomic E-state index is 13.0.